The number of hydrogen-bond acceptors (Lipinski definition) is 2. The van der Waals surface area contributed by atoms with E-state index < -0.39 is 0 Å². The van der Waals surface area contributed by atoms with Gasteiger partial charge in [0, 0.05) is 26.7 Å². The molecule has 112 valence electrons. The lowest BCUT2D eigenvalue weighted by Gasteiger charge is -2.19. The van der Waals surface area contributed by atoms with Gasteiger partial charge < -0.3 is 5.32 Å². The molecule has 0 aromatic heterocycles. The second-order valence-electron chi connectivity index (χ2n) is 4.80. The van der Waals surface area contributed by atoms with E-state index in [0.29, 0.717) is 0 Å². The summed E-state index contributed by atoms with van der Waals surface area (Å²) in [6.45, 7) is 3.00. The minimum absolute atomic E-state index is 0.0233. The quantitative estimate of drug-likeness (QED) is 0.655. The molecule has 0 fully saturated rings. The first kappa shape index (κ1) is 16.5. The fourth-order valence-corrected chi connectivity index (χ4v) is 3.66. The van der Waals surface area contributed by atoms with Crippen LogP contribution in [0.25, 0.3) is 0 Å². The minimum atomic E-state index is -0.138. The lowest BCUT2D eigenvalue weighted by molar-refractivity contribution is 0.532. The lowest BCUT2D eigenvalue weighted by Crippen LogP contribution is -2.25. The molecule has 2 rings (SSSR count). The molecule has 0 aliphatic rings. The van der Waals surface area contributed by atoms with Crippen molar-refractivity contribution in [3.05, 3.63) is 64.4 Å². The van der Waals surface area contributed by atoms with Gasteiger partial charge in [-0.05, 0) is 37.2 Å². The Balaban J connectivity index is 2.08. The highest BCUT2D eigenvalue weighted by Crippen LogP contribution is 2.27. The van der Waals surface area contributed by atoms with Crippen molar-refractivity contribution < 1.29 is 4.39 Å². The number of nitrogens with one attached hydrogen (secondary N) is 1. The molecule has 0 spiro atoms. The molecule has 4 heteroatoms. The molecule has 0 saturated carbocycles. The van der Waals surface area contributed by atoms with Crippen LogP contribution in [0.4, 0.5) is 4.39 Å². The van der Waals surface area contributed by atoms with E-state index in [2.05, 4.69) is 40.3 Å². The van der Waals surface area contributed by atoms with Crippen molar-refractivity contribution in [2.45, 2.75) is 24.3 Å². The standard InChI is InChI=1S/C17H19BrFNS/c1-2-10-20-17(15-8-3-4-9-16(15)19)12-21-14-7-5-6-13(18)11-14/h3-9,11,17,20H,2,10,12H2,1H3. The highest BCUT2D eigenvalue weighted by molar-refractivity contribution is 9.10. The lowest BCUT2D eigenvalue weighted by atomic mass is 10.1. The molecule has 0 bridgehead atoms. The van der Waals surface area contributed by atoms with Gasteiger partial charge in [-0.2, -0.15) is 0 Å². The Labute approximate surface area is 138 Å². The van der Waals surface area contributed by atoms with Gasteiger partial charge in [-0.1, -0.05) is 47.1 Å². The smallest absolute Gasteiger partial charge is 0.128 e. The molecule has 0 saturated heterocycles. The molecule has 1 nitrogen and oxygen atoms in total. The van der Waals surface area contributed by atoms with Crippen LogP contribution in [0.1, 0.15) is 24.9 Å². The summed E-state index contributed by atoms with van der Waals surface area (Å²) in [6, 6.07) is 15.2. The maximum absolute atomic E-state index is 14.0. The van der Waals surface area contributed by atoms with Crippen molar-refractivity contribution in [1.29, 1.82) is 0 Å². The van der Waals surface area contributed by atoms with Gasteiger partial charge >= 0.3 is 0 Å². The van der Waals surface area contributed by atoms with E-state index in [-0.39, 0.29) is 11.9 Å². The molecule has 0 heterocycles. The molecule has 0 amide bonds. The Morgan fingerprint density at radius 1 is 1.19 bits per heavy atom. The maximum Gasteiger partial charge on any atom is 0.128 e. The van der Waals surface area contributed by atoms with Crippen LogP contribution in [0.15, 0.2) is 57.9 Å². The van der Waals surface area contributed by atoms with Crippen LogP contribution in [0.2, 0.25) is 0 Å². The van der Waals surface area contributed by atoms with Crippen molar-refractivity contribution in [1.82, 2.24) is 5.32 Å². The molecule has 0 radical (unpaired) electrons. The Hall–Kier alpha value is -0.840. The summed E-state index contributed by atoms with van der Waals surface area (Å²) in [5.74, 6) is 0.665. The first-order chi connectivity index (χ1) is 10.2. The minimum Gasteiger partial charge on any atom is -0.309 e. The molecule has 2 aromatic carbocycles. The SMILES string of the molecule is CCCNC(CSc1cccc(Br)c1)c1ccccc1F. The molecule has 1 atom stereocenters. The molecule has 1 unspecified atom stereocenters. The summed E-state index contributed by atoms with van der Waals surface area (Å²) in [4.78, 5) is 1.18. The summed E-state index contributed by atoms with van der Waals surface area (Å²) >= 11 is 5.22. The van der Waals surface area contributed by atoms with E-state index in [1.54, 1.807) is 17.8 Å². The molecule has 21 heavy (non-hydrogen) atoms. The van der Waals surface area contributed by atoms with Crippen LogP contribution in [0, 0.1) is 5.82 Å². The third-order valence-electron chi connectivity index (χ3n) is 3.13. The van der Waals surface area contributed by atoms with Gasteiger partial charge in [0.05, 0.1) is 0 Å². The third kappa shape index (κ3) is 5.13. The second kappa shape index (κ2) is 8.57. The molecule has 2 aromatic rings. The highest BCUT2D eigenvalue weighted by atomic mass is 79.9. The van der Waals surface area contributed by atoms with Crippen molar-refractivity contribution in [3.8, 4) is 0 Å². The number of thioether (sulfide) groups is 1. The predicted octanol–water partition coefficient (Wildman–Crippen LogP) is 5.42. The van der Waals surface area contributed by atoms with E-state index in [9.17, 15) is 4.39 Å². The highest BCUT2D eigenvalue weighted by Gasteiger charge is 2.15. The topological polar surface area (TPSA) is 12.0 Å². The molecular formula is C17H19BrFNS. The summed E-state index contributed by atoms with van der Waals surface area (Å²) in [5.41, 5.74) is 0.744. The van der Waals surface area contributed by atoms with Crippen LogP contribution in [-0.4, -0.2) is 12.3 Å². The Morgan fingerprint density at radius 2 is 2.00 bits per heavy atom. The van der Waals surface area contributed by atoms with E-state index in [4.69, 9.17) is 0 Å². The van der Waals surface area contributed by atoms with Gasteiger partial charge in [0.2, 0.25) is 0 Å². The van der Waals surface area contributed by atoms with Crippen LogP contribution >= 0.6 is 27.7 Å². The first-order valence-electron chi connectivity index (χ1n) is 7.07. The number of rotatable bonds is 7. The fraction of sp³-hybridized carbons (Fsp3) is 0.294. The molecule has 0 aliphatic heterocycles. The van der Waals surface area contributed by atoms with E-state index in [0.717, 1.165) is 28.8 Å². The van der Waals surface area contributed by atoms with Crippen LogP contribution in [0.3, 0.4) is 0 Å². The number of benzene rings is 2. The van der Waals surface area contributed by atoms with E-state index in [1.807, 2.05) is 24.3 Å². The summed E-state index contributed by atoms with van der Waals surface area (Å²) in [7, 11) is 0. The summed E-state index contributed by atoms with van der Waals surface area (Å²) < 4.78 is 15.1. The first-order valence-corrected chi connectivity index (χ1v) is 8.84. The Kier molecular flexibility index (Phi) is 6.74. The Morgan fingerprint density at radius 3 is 2.71 bits per heavy atom. The van der Waals surface area contributed by atoms with Gasteiger partial charge in [0.1, 0.15) is 5.82 Å². The molecule has 1 N–H and O–H groups in total. The van der Waals surface area contributed by atoms with Crippen LogP contribution in [-0.2, 0) is 0 Å². The summed E-state index contributed by atoms with van der Waals surface area (Å²) in [6.07, 6.45) is 1.03. The maximum atomic E-state index is 14.0. The van der Waals surface area contributed by atoms with Gasteiger partial charge in [-0.15, -0.1) is 11.8 Å². The third-order valence-corrected chi connectivity index (χ3v) is 4.71. The number of halogens is 2. The van der Waals surface area contributed by atoms with Gasteiger partial charge in [0.25, 0.3) is 0 Å². The van der Waals surface area contributed by atoms with Crippen molar-refractivity contribution in [3.63, 3.8) is 0 Å². The average molecular weight is 368 g/mol. The summed E-state index contributed by atoms with van der Waals surface area (Å²) in [5, 5.41) is 3.44. The predicted molar refractivity (Wildman–Crippen MR) is 92.3 cm³/mol. The van der Waals surface area contributed by atoms with Gasteiger partial charge in [-0.3, -0.25) is 0 Å². The van der Waals surface area contributed by atoms with Gasteiger partial charge in [-0.25, -0.2) is 4.39 Å². The zero-order valence-electron chi connectivity index (χ0n) is 12.0. The van der Waals surface area contributed by atoms with Crippen molar-refractivity contribution in [2.24, 2.45) is 0 Å². The molecule has 0 aliphatic carbocycles. The average Bonchev–Trinajstić information content (AvgIpc) is 2.48. The monoisotopic (exact) mass is 367 g/mol. The van der Waals surface area contributed by atoms with Gasteiger partial charge in [0.15, 0.2) is 0 Å². The van der Waals surface area contributed by atoms with E-state index in [1.165, 1.54) is 11.0 Å². The molecular weight excluding hydrogens is 349 g/mol. The number of hydrogen-bond donors (Lipinski definition) is 1. The fourth-order valence-electron chi connectivity index (χ4n) is 2.07. The zero-order valence-corrected chi connectivity index (χ0v) is 14.4. The van der Waals surface area contributed by atoms with E-state index >= 15 is 0 Å². The van der Waals surface area contributed by atoms with Crippen LogP contribution in [0.5, 0.6) is 0 Å². The normalized spacial score (nSPS) is 12.3. The largest absolute Gasteiger partial charge is 0.309 e. The van der Waals surface area contributed by atoms with Crippen molar-refractivity contribution in [2.75, 3.05) is 12.3 Å². The zero-order chi connectivity index (χ0) is 15.1. The van der Waals surface area contributed by atoms with Crippen molar-refractivity contribution >= 4 is 27.7 Å². The second-order valence-corrected chi connectivity index (χ2v) is 6.81. The van der Waals surface area contributed by atoms with Crippen LogP contribution < -0.4 is 5.32 Å². The Bertz CT molecular complexity index is 576.